The van der Waals surface area contributed by atoms with Gasteiger partial charge in [0.05, 0.1) is 11.2 Å². The van der Waals surface area contributed by atoms with E-state index in [2.05, 4.69) is 60.4 Å². The van der Waals surface area contributed by atoms with Gasteiger partial charge in [-0.1, -0.05) is 56.3 Å². The van der Waals surface area contributed by atoms with Crippen molar-refractivity contribution >= 4 is 10.9 Å². The Balaban J connectivity index is 2.03. The van der Waals surface area contributed by atoms with Gasteiger partial charge >= 0.3 is 0 Å². The molecule has 0 fully saturated rings. The van der Waals surface area contributed by atoms with Gasteiger partial charge in [-0.25, -0.2) is 0 Å². The molecule has 2 nitrogen and oxygen atoms in total. The van der Waals surface area contributed by atoms with Crippen LogP contribution in [-0.4, -0.2) is 10.2 Å². The Kier molecular flexibility index (Phi) is 3.00. The second-order valence-corrected chi connectivity index (χ2v) is 5.07. The first kappa shape index (κ1) is 11.8. The van der Waals surface area contributed by atoms with Crippen LogP contribution >= 0.6 is 0 Å². The first-order valence-electron chi connectivity index (χ1n) is 6.57. The molecule has 0 spiro atoms. The molecule has 2 heteroatoms. The summed E-state index contributed by atoms with van der Waals surface area (Å²) in [5.74, 6) is 0.553. The Morgan fingerprint density at radius 1 is 0.842 bits per heavy atom. The molecule has 0 N–H and O–H groups in total. The molecule has 0 saturated heterocycles. The monoisotopic (exact) mass is 248 g/mol. The van der Waals surface area contributed by atoms with Crippen LogP contribution in [0, 0.1) is 0 Å². The van der Waals surface area contributed by atoms with Crippen molar-refractivity contribution in [2.75, 3.05) is 0 Å². The molecule has 1 heterocycles. The topological polar surface area (TPSA) is 25.8 Å². The van der Waals surface area contributed by atoms with Gasteiger partial charge in [0.2, 0.25) is 0 Å². The normalized spacial score (nSPS) is 11.1. The fourth-order valence-electron chi connectivity index (χ4n) is 2.16. The van der Waals surface area contributed by atoms with Crippen molar-refractivity contribution in [3.05, 3.63) is 60.2 Å². The van der Waals surface area contributed by atoms with Gasteiger partial charge in [-0.2, -0.15) is 0 Å². The third-order valence-electron chi connectivity index (χ3n) is 3.37. The summed E-state index contributed by atoms with van der Waals surface area (Å²) in [4.78, 5) is 0. The van der Waals surface area contributed by atoms with Gasteiger partial charge in [-0.3, -0.25) is 0 Å². The largest absolute Gasteiger partial charge is 0.150 e. The zero-order valence-corrected chi connectivity index (χ0v) is 11.2. The third-order valence-corrected chi connectivity index (χ3v) is 3.37. The van der Waals surface area contributed by atoms with Gasteiger partial charge in [0, 0.05) is 10.9 Å². The SMILES string of the molecule is CC(C)c1ccc(-c2cc3ccccc3nn2)cc1. The average molecular weight is 248 g/mol. The molecule has 1 aromatic heterocycles. The molecule has 94 valence electrons. The Labute approximate surface area is 113 Å². The Morgan fingerprint density at radius 3 is 2.32 bits per heavy atom. The quantitative estimate of drug-likeness (QED) is 0.671. The zero-order chi connectivity index (χ0) is 13.2. The zero-order valence-electron chi connectivity index (χ0n) is 11.2. The summed E-state index contributed by atoms with van der Waals surface area (Å²) in [5.41, 5.74) is 4.32. The highest BCUT2D eigenvalue weighted by Gasteiger charge is 2.04. The number of nitrogens with zero attached hydrogens (tertiary/aromatic N) is 2. The van der Waals surface area contributed by atoms with Crippen LogP contribution in [0.1, 0.15) is 25.3 Å². The Hall–Kier alpha value is -2.22. The van der Waals surface area contributed by atoms with E-state index in [1.165, 1.54) is 5.56 Å². The lowest BCUT2D eigenvalue weighted by Crippen LogP contribution is -1.90. The first-order valence-corrected chi connectivity index (χ1v) is 6.57. The molecule has 0 atom stereocenters. The van der Waals surface area contributed by atoms with Gasteiger partial charge in [0.15, 0.2) is 0 Å². The second kappa shape index (κ2) is 4.81. The summed E-state index contributed by atoms with van der Waals surface area (Å²) >= 11 is 0. The lowest BCUT2D eigenvalue weighted by atomic mass is 10.0. The predicted molar refractivity (Wildman–Crippen MR) is 79.1 cm³/mol. The minimum atomic E-state index is 0.553. The number of hydrogen-bond donors (Lipinski definition) is 0. The number of rotatable bonds is 2. The van der Waals surface area contributed by atoms with Crippen molar-refractivity contribution in [1.82, 2.24) is 10.2 Å². The Bertz CT molecular complexity index is 700. The highest BCUT2D eigenvalue weighted by molar-refractivity contribution is 5.81. The van der Waals surface area contributed by atoms with E-state index in [0.717, 1.165) is 22.2 Å². The molecular formula is C17H16N2. The molecule has 0 amide bonds. The minimum Gasteiger partial charge on any atom is -0.150 e. The van der Waals surface area contributed by atoms with E-state index < -0.39 is 0 Å². The van der Waals surface area contributed by atoms with Crippen molar-refractivity contribution < 1.29 is 0 Å². The number of aromatic nitrogens is 2. The number of hydrogen-bond acceptors (Lipinski definition) is 2. The van der Waals surface area contributed by atoms with Crippen LogP contribution in [0.25, 0.3) is 22.2 Å². The summed E-state index contributed by atoms with van der Waals surface area (Å²) in [6.45, 7) is 4.40. The van der Waals surface area contributed by atoms with E-state index in [4.69, 9.17) is 0 Å². The molecule has 0 aliphatic rings. The molecule has 0 aliphatic carbocycles. The fourth-order valence-corrected chi connectivity index (χ4v) is 2.16. The van der Waals surface area contributed by atoms with Crippen molar-refractivity contribution in [2.45, 2.75) is 19.8 Å². The van der Waals surface area contributed by atoms with Crippen molar-refractivity contribution in [1.29, 1.82) is 0 Å². The van der Waals surface area contributed by atoms with E-state index >= 15 is 0 Å². The smallest absolute Gasteiger partial charge is 0.0936 e. The van der Waals surface area contributed by atoms with E-state index in [-0.39, 0.29) is 0 Å². The third kappa shape index (κ3) is 2.34. The summed E-state index contributed by atoms with van der Waals surface area (Å²) in [5, 5.41) is 9.69. The van der Waals surface area contributed by atoms with Crippen LogP contribution in [0.4, 0.5) is 0 Å². The lowest BCUT2D eigenvalue weighted by Gasteiger charge is -2.06. The standard InChI is InChI=1S/C17H16N2/c1-12(2)13-7-9-14(10-8-13)17-11-15-5-3-4-6-16(15)18-19-17/h3-12H,1-2H3. The van der Waals surface area contributed by atoms with Crippen molar-refractivity contribution in [3.63, 3.8) is 0 Å². The van der Waals surface area contributed by atoms with Gasteiger partial charge < -0.3 is 0 Å². The lowest BCUT2D eigenvalue weighted by molar-refractivity contribution is 0.867. The maximum atomic E-state index is 4.30. The van der Waals surface area contributed by atoms with Crippen molar-refractivity contribution in [3.8, 4) is 11.3 Å². The maximum absolute atomic E-state index is 4.30. The van der Waals surface area contributed by atoms with Crippen LogP contribution < -0.4 is 0 Å². The van der Waals surface area contributed by atoms with Crippen LogP contribution in [-0.2, 0) is 0 Å². The molecule has 3 aromatic rings. The van der Waals surface area contributed by atoms with Gasteiger partial charge in [-0.05, 0) is 23.6 Å². The highest BCUT2D eigenvalue weighted by atomic mass is 15.1. The van der Waals surface area contributed by atoms with Crippen LogP contribution in [0.5, 0.6) is 0 Å². The fraction of sp³-hybridized carbons (Fsp3) is 0.176. The molecule has 0 aliphatic heterocycles. The minimum absolute atomic E-state index is 0.553. The maximum Gasteiger partial charge on any atom is 0.0936 e. The summed E-state index contributed by atoms with van der Waals surface area (Å²) in [6, 6.07) is 18.7. The summed E-state index contributed by atoms with van der Waals surface area (Å²) in [7, 11) is 0. The molecule has 0 radical (unpaired) electrons. The highest BCUT2D eigenvalue weighted by Crippen LogP contribution is 2.22. The Morgan fingerprint density at radius 2 is 1.58 bits per heavy atom. The average Bonchev–Trinajstić information content (AvgIpc) is 2.47. The molecule has 3 rings (SSSR count). The molecule has 0 unspecified atom stereocenters. The van der Waals surface area contributed by atoms with E-state index in [9.17, 15) is 0 Å². The van der Waals surface area contributed by atoms with E-state index in [1.807, 2.05) is 18.2 Å². The van der Waals surface area contributed by atoms with Crippen LogP contribution in [0.3, 0.4) is 0 Å². The molecule has 19 heavy (non-hydrogen) atoms. The molecule has 2 aromatic carbocycles. The molecule has 0 saturated carbocycles. The van der Waals surface area contributed by atoms with Gasteiger partial charge in [0.25, 0.3) is 0 Å². The first-order chi connectivity index (χ1) is 9.24. The van der Waals surface area contributed by atoms with E-state index in [1.54, 1.807) is 0 Å². The predicted octanol–water partition coefficient (Wildman–Crippen LogP) is 4.42. The van der Waals surface area contributed by atoms with Gasteiger partial charge in [-0.15, -0.1) is 10.2 Å². The van der Waals surface area contributed by atoms with Crippen molar-refractivity contribution in [2.24, 2.45) is 0 Å². The second-order valence-electron chi connectivity index (χ2n) is 5.07. The van der Waals surface area contributed by atoms with Crippen LogP contribution in [0.2, 0.25) is 0 Å². The molecule has 0 bridgehead atoms. The number of fused-ring (bicyclic) bond motifs is 1. The summed E-state index contributed by atoms with van der Waals surface area (Å²) < 4.78 is 0. The molecular weight excluding hydrogens is 232 g/mol. The van der Waals surface area contributed by atoms with Crippen LogP contribution in [0.15, 0.2) is 54.6 Å². The van der Waals surface area contributed by atoms with E-state index in [0.29, 0.717) is 5.92 Å². The number of benzene rings is 2. The summed E-state index contributed by atoms with van der Waals surface area (Å²) in [6.07, 6.45) is 0. The van der Waals surface area contributed by atoms with Gasteiger partial charge in [0.1, 0.15) is 0 Å².